The average Bonchev–Trinajstić information content (AvgIpc) is 2.88. The number of aryl methyl sites for hydroxylation is 1. The third kappa shape index (κ3) is 2.59. The van der Waals surface area contributed by atoms with Gasteiger partial charge >= 0.3 is 0 Å². The molecule has 0 saturated heterocycles. The van der Waals surface area contributed by atoms with Gasteiger partial charge in [0.2, 0.25) is 0 Å². The highest BCUT2D eigenvalue weighted by atomic mass is 35.5. The van der Waals surface area contributed by atoms with Crippen LogP contribution in [0.3, 0.4) is 0 Å². The Balaban J connectivity index is 2.21. The summed E-state index contributed by atoms with van der Waals surface area (Å²) in [6.07, 6.45) is 6.53. The van der Waals surface area contributed by atoms with Crippen molar-refractivity contribution in [2.24, 2.45) is 5.92 Å². The number of rotatable bonds is 3. The zero-order chi connectivity index (χ0) is 15.0. The molecule has 114 valence electrons. The molecule has 1 aromatic heterocycles. The van der Waals surface area contributed by atoms with E-state index in [9.17, 15) is 0 Å². The number of fused-ring (bicyclic) bond motifs is 1. The van der Waals surface area contributed by atoms with Gasteiger partial charge in [-0.1, -0.05) is 38.3 Å². The van der Waals surface area contributed by atoms with Crippen LogP contribution in [0.5, 0.6) is 0 Å². The minimum absolute atomic E-state index is 0.0452. The van der Waals surface area contributed by atoms with Crippen LogP contribution < -0.4 is 0 Å². The Labute approximate surface area is 132 Å². The molecule has 3 heteroatoms. The van der Waals surface area contributed by atoms with E-state index in [2.05, 4.69) is 36.6 Å². The van der Waals surface area contributed by atoms with Gasteiger partial charge in [-0.15, -0.1) is 11.6 Å². The van der Waals surface area contributed by atoms with Crippen LogP contribution in [-0.4, -0.2) is 9.55 Å². The fourth-order valence-electron chi connectivity index (χ4n) is 3.96. The molecule has 3 atom stereocenters. The lowest BCUT2D eigenvalue weighted by Crippen LogP contribution is -2.24. The second-order valence-corrected chi connectivity index (χ2v) is 7.07. The van der Waals surface area contributed by atoms with Crippen LogP contribution in [0, 0.1) is 12.8 Å². The fraction of sp³-hybridized carbons (Fsp3) is 0.611. The van der Waals surface area contributed by atoms with Crippen molar-refractivity contribution in [2.45, 2.75) is 64.3 Å². The van der Waals surface area contributed by atoms with E-state index < -0.39 is 0 Å². The van der Waals surface area contributed by atoms with Crippen molar-refractivity contribution in [3.63, 3.8) is 0 Å². The third-order valence-electron chi connectivity index (χ3n) is 5.02. The first-order valence-electron chi connectivity index (χ1n) is 8.25. The lowest BCUT2D eigenvalue weighted by atomic mass is 9.82. The topological polar surface area (TPSA) is 17.8 Å². The molecule has 1 heterocycles. The third-order valence-corrected chi connectivity index (χ3v) is 5.22. The number of benzene rings is 1. The normalized spacial score (nSPS) is 24.4. The summed E-state index contributed by atoms with van der Waals surface area (Å²) < 4.78 is 2.48. The quantitative estimate of drug-likeness (QED) is 0.657. The molecule has 0 N–H and O–H groups in total. The smallest absolute Gasteiger partial charge is 0.127 e. The molecule has 0 aliphatic heterocycles. The maximum absolute atomic E-state index is 6.46. The lowest BCUT2D eigenvalue weighted by Gasteiger charge is -2.34. The van der Waals surface area contributed by atoms with Gasteiger partial charge in [-0.2, -0.15) is 0 Å². The van der Waals surface area contributed by atoms with Crippen molar-refractivity contribution in [1.29, 1.82) is 0 Å². The van der Waals surface area contributed by atoms with Crippen LogP contribution >= 0.6 is 11.6 Å². The summed E-state index contributed by atoms with van der Waals surface area (Å²) in [5.74, 6) is 1.80. The highest BCUT2D eigenvalue weighted by Crippen LogP contribution is 2.40. The van der Waals surface area contributed by atoms with Gasteiger partial charge in [-0.3, -0.25) is 0 Å². The van der Waals surface area contributed by atoms with E-state index >= 15 is 0 Å². The summed E-state index contributed by atoms with van der Waals surface area (Å²) in [7, 11) is 0. The molecule has 2 aromatic rings. The Bertz CT molecular complexity index is 629. The first-order chi connectivity index (χ1) is 10.1. The summed E-state index contributed by atoms with van der Waals surface area (Å²) in [4.78, 5) is 4.85. The molecule has 2 nitrogen and oxygen atoms in total. The molecule has 1 aromatic carbocycles. The summed E-state index contributed by atoms with van der Waals surface area (Å²) in [6, 6.07) is 6.96. The summed E-state index contributed by atoms with van der Waals surface area (Å²) in [5.41, 5.74) is 3.70. The van der Waals surface area contributed by atoms with Crippen molar-refractivity contribution < 1.29 is 0 Å². The van der Waals surface area contributed by atoms with Gasteiger partial charge in [0.25, 0.3) is 0 Å². The van der Waals surface area contributed by atoms with Crippen molar-refractivity contribution in [3.8, 4) is 0 Å². The van der Waals surface area contributed by atoms with E-state index in [0.29, 0.717) is 6.04 Å². The molecule has 1 saturated carbocycles. The maximum Gasteiger partial charge on any atom is 0.127 e. The van der Waals surface area contributed by atoms with Gasteiger partial charge in [-0.25, -0.2) is 4.98 Å². The molecule has 0 bridgehead atoms. The van der Waals surface area contributed by atoms with E-state index in [1.165, 1.54) is 43.2 Å². The Morgan fingerprint density at radius 1 is 1.33 bits per heavy atom. The number of alkyl halides is 1. The molecule has 0 spiro atoms. The van der Waals surface area contributed by atoms with Crippen LogP contribution in [0.25, 0.3) is 11.0 Å². The van der Waals surface area contributed by atoms with Crippen molar-refractivity contribution in [2.75, 3.05) is 0 Å². The second kappa shape index (κ2) is 6.00. The zero-order valence-electron chi connectivity index (χ0n) is 13.3. The van der Waals surface area contributed by atoms with Gasteiger partial charge < -0.3 is 4.57 Å². The Morgan fingerprint density at radius 3 is 2.81 bits per heavy atom. The molecule has 21 heavy (non-hydrogen) atoms. The maximum atomic E-state index is 6.46. The van der Waals surface area contributed by atoms with E-state index in [0.717, 1.165) is 17.3 Å². The van der Waals surface area contributed by atoms with E-state index in [1.807, 2.05) is 6.92 Å². The van der Waals surface area contributed by atoms with Gasteiger partial charge in [0.1, 0.15) is 5.82 Å². The number of nitrogens with zero attached hydrogens (tertiary/aromatic N) is 2. The minimum Gasteiger partial charge on any atom is -0.323 e. The molecule has 0 amide bonds. The highest BCUT2D eigenvalue weighted by molar-refractivity contribution is 6.20. The Kier molecular flexibility index (Phi) is 4.26. The van der Waals surface area contributed by atoms with E-state index in [1.54, 1.807) is 0 Å². The van der Waals surface area contributed by atoms with Gasteiger partial charge in [0, 0.05) is 6.04 Å². The number of para-hydroxylation sites is 1. The Hall–Kier alpha value is -1.02. The van der Waals surface area contributed by atoms with Crippen LogP contribution in [-0.2, 0) is 0 Å². The standard InChI is InChI=1S/C18H25ClN2/c1-4-14-9-5-6-11-16(14)21-17-12(2)8-7-10-15(17)20-18(21)13(3)19/h7-8,10,13-14,16H,4-6,9,11H2,1-3H3. The Morgan fingerprint density at radius 2 is 2.10 bits per heavy atom. The first kappa shape index (κ1) is 14.9. The van der Waals surface area contributed by atoms with Crippen molar-refractivity contribution >= 4 is 22.6 Å². The number of aromatic nitrogens is 2. The molecular weight excluding hydrogens is 280 g/mol. The minimum atomic E-state index is -0.0452. The predicted octanol–water partition coefficient (Wildman–Crippen LogP) is 5.79. The molecule has 1 fully saturated rings. The second-order valence-electron chi connectivity index (χ2n) is 6.42. The molecule has 1 aliphatic carbocycles. The predicted molar refractivity (Wildman–Crippen MR) is 90.0 cm³/mol. The summed E-state index contributed by atoms with van der Waals surface area (Å²) >= 11 is 6.46. The number of hydrogen-bond donors (Lipinski definition) is 0. The van der Waals surface area contributed by atoms with Crippen LogP contribution in [0.4, 0.5) is 0 Å². The average molecular weight is 305 g/mol. The number of halogens is 1. The first-order valence-corrected chi connectivity index (χ1v) is 8.68. The van der Waals surface area contributed by atoms with Crippen LogP contribution in [0.1, 0.15) is 68.8 Å². The molecule has 1 aliphatic rings. The monoisotopic (exact) mass is 304 g/mol. The number of hydrogen-bond acceptors (Lipinski definition) is 1. The van der Waals surface area contributed by atoms with Gasteiger partial charge in [-0.05, 0) is 44.2 Å². The van der Waals surface area contributed by atoms with Crippen LogP contribution in [0.2, 0.25) is 0 Å². The summed E-state index contributed by atoms with van der Waals surface area (Å²) in [5, 5.41) is -0.0452. The van der Waals surface area contributed by atoms with E-state index in [-0.39, 0.29) is 5.38 Å². The van der Waals surface area contributed by atoms with Gasteiger partial charge in [0.15, 0.2) is 0 Å². The zero-order valence-corrected chi connectivity index (χ0v) is 14.0. The molecular formula is C18H25ClN2. The lowest BCUT2D eigenvalue weighted by molar-refractivity contribution is 0.232. The van der Waals surface area contributed by atoms with E-state index in [4.69, 9.17) is 16.6 Å². The van der Waals surface area contributed by atoms with Gasteiger partial charge in [0.05, 0.1) is 16.4 Å². The summed E-state index contributed by atoms with van der Waals surface area (Å²) in [6.45, 7) is 6.55. The highest BCUT2D eigenvalue weighted by Gasteiger charge is 2.30. The molecule has 0 radical (unpaired) electrons. The molecule has 3 unspecified atom stereocenters. The van der Waals surface area contributed by atoms with Crippen molar-refractivity contribution in [1.82, 2.24) is 9.55 Å². The van der Waals surface area contributed by atoms with Crippen LogP contribution in [0.15, 0.2) is 18.2 Å². The molecule has 3 rings (SSSR count). The number of imidazole rings is 1. The van der Waals surface area contributed by atoms with Crippen molar-refractivity contribution in [3.05, 3.63) is 29.6 Å². The SMILES string of the molecule is CCC1CCCCC1n1c(C(C)Cl)nc2cccc(C)c21. The largest absolute Gasteiger partial charge is 0.323 e. The fourth-order valence-corrected chi connectivity index (χ4v) is 4.11.